The zero-order valence-electron chi connectivity index (χ0n) is 17.3. The maximum Gasteiger partial charge on any atom is 0.315 e. The van der Waals surface area contributed by atoms with Gasteiger partial charge in [0.2, 0.25) is 0 Å². The lowest BCUT2D eigenvalue weighted by atomic mass is 9.75. The molecule has 1 aromatic carbocycles. The van der Waals surface area contributed by atoms with Crippen molar-refractivity contribution in [1.82, 2.24) is 10.6 Å². The largest absolute Gasteiger partial charge is 0.493 e. The molecule has 1 atom stereocenters. The first-order valence-corrected chi connectivity index (χ1v) is 9.66. The number of amides is 2. The van der Waals surface area contributed by atoms with Crippen LogP contribution in [-0.2, 0) is 12.8 Å². The molecule has 2 N–H and O–H groups in total. The van der Waals surface area contributed by atoms with Crippen molar-refractivity contribution in [2.24, 2.45) is 5.41 Å². The van der Waals surface area contributed by atoms with Gasteiger partial charge in [0.05, 0.1) is 20.3 Å². The minimum Gasteiger partial charge on any atom is -0.493 e. The van der Waals surface area contributed by atoms with Crippen LogP contribution in [0.15, 0.2) is 28.7 Å². The number of benzene rings is 1. The van der Waals surface area contributed by atoms with E-state index < -0.39 is 0 Å². The lowest BCUT2D eigenvalue weighted by Gasteiger charge is -2.34. The van der Waals surface area contributed by atoms with Crippen molar-refractivity contribution < 1.29 is 18.7 Å². The van der Waals surface area contributed by atoms with E-state index in [0.29, 0.717) is 24.5 Å². The standard InChI is InChI=1S/C22H30N2O4/c1-14-10-16-17(12-22(2,3)13-20(16)28-14)24-21(25)23-9-8-15-6-7-18(26-4)19(11-15)27-5/h6-7,10-11,17H,8-9,12-13H2,1-5H3,(H2,23,24,25). The van der Waals surface area contributed by atoms with Gasteiger partial charge in [0.25, 0.3) is 0 Å². The number of furan rings is 1. The van der Waals surface area contributed by atoms with Crippen molar-refractivity contribution in [2.45, 2.75) is 46.1 Å². The molecule has 6 heteroatoms. The lowest BCUT2D eigenvalue weighted by Crippen LogP contribution is -2.42. The second-order valence-electron chi connectivity index (χ2n) is 8.17. The highest BCUT2D eigenvalue weighted by Gasteiger charge is 2.35. The Morgan fingerprint density at radius 2 is 1.96 bits per heavy atom. The van der Waals surface area contributed by atoms with Crippen LogP contribution in [0, 0.1) is 12.3 Å². The first kappa shape index (κ1) is 20.1. The van der Waals surface area contributed by atoms with Crippen molar-refractivity contribution in [2.75, 3.05) is 20.8 Å². The van der Waals surface area contributed by atoms with Gasteiger partial charge < -0.3 is 24.5 Å². The number of fused-ring (bicyclic) bond motifs is 1. The molecule has 1 aromatic heterocycles. The molecule has 1 aliphatic carbocycles. The van der Waals surface area contributed by atoms with Crippen LogP contribution in [-0.4, -0.2) is 26.8 Å². The summed E-state index contributed by atoms with van der Waals surface area (Å²) in [6.07, 6.45) is 2.50. The first-order valence-electron chi connectivity index (χ1n) is 9.66. The van der Waals surface area contributed by atoms with Crippen LogP contribution in [0.5, 0.6) is 11.5 Å². The van der Waals surface area contributed by atoms with Gasteiger partial charge in [-0.15, -0.1) is 0 Å². The molecule has 6 nitrogen and oxygen atoms in total. The molecule has 0 bridgehead atoms. The highest BCUT2D eigenvalue weighted by atomic mass is 16.5. The van der Waals surface area contributed by atoms with Gasteiger partial charge in [0, 0.05) is 18.5 Å². The Labute approximate surface area is 166 Å². The molecule has 0 radical (unpaired) electrons. The molecule has 1 unspecified atom stereocenters. The summed E-state index contributed by atoms with van der Waals surface area (Å²) in [5.41, 5.74) is 2.27. The average molecular weight is 386 g/mol. The van der Waals surface area contributed by atoms with Gasteiger partial charge in [-0.1, -0.05) is 19.9 Å². The summed E-state index contributed by atoms with van der Waals surface area (Å²) in [4.78, 5) is 12.5. The zero-order chi connectivity index (χ0) is 20.3. The fourth-order valence-electron chi connectivity index (χ4n) is 3.88. The topological polar surface area (TPSA) is 72.7 Å². The maximum absolute atomic E-state index is 12.5. The molecule has 1 aliphatic rings. The predicted octanol–water partition coefficient (Wildman–Crippen LogP) is 4.16. The third-order valence-electron chi connectivity index (χ3n) is 5.19. The zero-order valence-corrected chi connectivity index (χ0v) is 17.3. The van der Waals surface area contributed by atoms with Gasteiger partial charge in [-0.3, -0.25) is 0 Å². The molecule has 3 rings (SSSR count). The van der Waals surface area contributed by atoms with Gasteiger partial charge in [0.1, 0.15) is 11.5 Å². The van der Waals surface area contributed by atoms with E-state index in [1.54, 1.807) is 14.2 Å². The van der Waals surface area contributed by atoms with Gasteiger partial charge in [-0.2, -0.15) is 0 Å². The summed E-state index contributed by atoms with van der Waals surface area (Å²) < 4.78 is 16.4. The number of hydrogen-bond acceptors (Lipinski definition) is 4. The number of nitrogens with one attached hydrogen (secondary N) is 2. The molecule has 1 heterocycles. The lowest BCUT2D eigenvalue weighted by molar-refractivity contribution is 0.214. The number of methoxy groups -OCH3 is 2. The summed E-state index contributed by atoms with van der Waals surface area (Å²) in [7, 11) is 3.23. The number of carbonyl (C=O) groups is 1. The number of aryl methyl sites for hydroxylation is 1. The first-order chi connectivity index (χ1) is 13.3. The Morgan fingerprint density at radius 3 is 2.68 bits per heavy atom. The Bertz CT molecular complexity index is 841. The molecule has 2 amide bonds. The fourth-order valence-corrected chi connectivity index (χ4v) is 3.88. The molecule has 0 spiro atoms. The molecule has 0 aliphatic heterocycles. The minimum absolute atomic E-state index is 0.0303. The van der Waals surface area contributed by atoms with Crippen molar-refractivity contribution in [1.29, 1.82) is 0 Å². The monoisotopic (exact) mass is 386 g/mol. The summed E-state index contributed by atoms with van der Waals surface area (Å²) in [5, 5.41) is 6.07. The minimum atomic E-state index is -0.159. The molecule has 0 saturated carbocycles. The van der Waals surface area contributed by atoms with Crippen molar-refractivity contribution >= 4 is 6.03 Å². The van der Waals surface area contributed by atoms with Crippen molar-refractivity contribution in [3.63, 3.8) is 0 Å². The Hall–Kier alpha value is -2.63. The van der Waals surface area contributed by atoms with Gasteiger partial charge in [-0.25, -0.2) is 4.79 Å². The van der Waals surface area contributed by atoms with Gasteiger partial charge >= 0.3 is 6.03 Å². The third-order valence-corrected chi connectivity index (χ3v) is 5.19. The second kappa shape index (κ2) is 8.17. The third kappa shape index (κ3) is 4.61. The van der Waals surface area contributed by atoms with Crippen molar-refractivity contribution in [3.05, 3.63) is 46.9 Å². The fraction of sp³-hybridized carbons (Fsp3) is 0.500. The average Bonchev–Trinajstić information content (AvgIpc) is 3.00. The predicted molar refractivity (Wildman–Crippen MR) is 108 cm³/mol. The number of hydrogen-bond donors (Lipinski definition) is 2. The number of carbonyl (C=O) groups excluding carboxylic acids is 1. The summed E-state index contributed by atoms with van der Waals surface area (Å²) in [6, 6.07) is 7.64. The van der Waals surface area contributed by atoms with Crippen LogP contribution in [0.1, 0.15) is 49.0 Å². The van der Waals surface area contributed by atoms with Gasteiger partial charge in [0.15, 0.2) is 11.5 Å². The van der Waals surface area contributed by atoms with E-state index in [0.717, 1.165) is 35.5 Å². The van der Waals surface area contributed by atoms with Gasteiger partial charge in [-0.05, 0) is 48.9 Å². The highest BCUT2D eigenvalue weighted by Crippen LogP contribution is 2.41. The molecular weight excluding hydrogens is 356 g/mol. The Morgan fingerprint density at radius 1 is 1.21 bits per heavy atom. The summed E-state index contributed by atoms with van der Waals surface area (Å²) in [6.45, 7) is 6.90. The second-order valence-corrected chi connectivity index (χ2v) is 8.17. The van der Waals surface area contributed by atoms with E-state index in [1.165, 1.54) is 0 Å². The Balaban J connectivity index is 1.56. The smallest absolute Gasteiger partial charge is 0.315 e. The van der Waals surface area contributed by atoms with Crippen LogP contribution >= 0.6 is 0 Å². The number of ether oxygens (including phenoxy) is 2. The van der Waals surface area contributed by atoms with E-state index in [2.05, 4.69) is 24.5 Å². The molecular formula is C22H30N2O4. The molecule has 2 aromatic rings. The van der Waals surface area contributed by atoms with Crippen LogP contribution in [0.3, 0.4) is 0 Å². The summed E-state index contributed by atoms with van der Waals surface area (Å²) >= 11 is 0. The van der Waals surface area contributed by atoms with E-state index in [-0.39, 0.29) is 17.5 Å². The van der Waals surface area contributed by atoms with Crippen LogP contribution in [0.25, 0.3) is 0 Å². The molecule has 28 heavy (non-hydrogen) atoms. The quantitative estimate of drug-likeness (QED) is 0.782. The van der Waals surface area contributed by atoms with Crippen LogP contribution < -0.4 is 20.1 Å². The highest BCUT2D eigenvalue weighted by molar-refractivity contribution is 5.74. The van der Waals surface area contributed by atoms with Crippen LogP contribution in [0.2, 0.25) is 0 Å². The number of urea groups is 1. The SMILES string of the molecule is COc1ccc(CCNC(=O)NC2CC(C)(C)Cc3oc(C)cc32)cc1OC. The normalized spacial score (nSPS) is 17.5. The summed E-state index contributed by atoms with van der Waals surface area (Å²) in [5.74, 6) is 3.27. The Kier molecular flexibility index (Phi) is 5.87. The van der Waals surface area contributed by atoms with E-state index >= 15 is 0 Å². The van der Waals surface area contributed by atoms with Crippen LogP contribution in [0.4, 0.5) is 4.79 Å². The van der Waals surface area contributed by atoms with E-state index in [9.17, 15) is 4.79 Å². The molecule has 152 valence electrons. The van der Waals surface area contributed by atoms with E-state index in [1.807, 2.05) is 31.2 Å². The molecule has 0 saturated heterocycles. The van der Waals surface area contributed by atoms with Crippen molar-refractivity contribution in [3.8, 4) is 11.5 Å². The number of rotatable bonds is 6. The maximum atomic E-state index is 12.5. The molecule has 0 fully saturated rings. The van der Waals surface area contributed by atoms with E-state index in [4.69, 9.17) is 13.9 Å².